The van der Waals surface area contributed by atoms with Crippen LogP contribution in [-0.2, 0) is 11.3 Å². The lowest BCUT2D eigenvalue weighted by Crippen LogP contribution is -2.03. The molecule has 0 spiro atoms. The van der Waals surface area contributed by atoms with Crippen LogP contribution in [-0.4, -0.2) is 39.5 Å². The zero-order valence-corrected chi connectivity index (χ0v) is 16.2. The number of ether oxygens (including phenoxy) is 1. The van der Waals surface area contributed by atoms with Gasteiger partial charge in [0.2, 0.25) is 0 Å². The minimum absolute atomic E-state index is 0.685. The minimum Gasteiger partial charge on any atom is -0.377 e. The lowest BCUT2D eigenvalue weighted by molar-refractivity contribution is 0.161. The van der Waals surface area contributed by atoms with Gasteiger partial charge in [-0.1, -0.05) is 25.0 Å². The predicted molar refractivity (Wildman–Crippen MR) is 112 cm³/mol. The third kappa shape index (κ3) is 4.46. The van der Waals surface area contributed by atoms with Crippen molar-refractivity contribution in [2.24, 2.45) is 5.73 Å². The lowest BCUT2D eigenvalue weighted by atomic mass is 10.0. The van der Waals surface area contributed by atoms with E-state index in [0.29, 0.717) is 6.61 Å². The Morgan fingerprint density at radius 3 is 2.82 bits per heavy atom. The Morgan fingerprint density at radius 2 is 1.96 bits per heavy atom. The van der Waals surface area contributed by atoms with Gasteiger partial charge in [0.25, 0.3) is 0 Å². The molecule has 0 fully saturated rings. The molecule has 4 rings (SSSR count). The highest BCUT2D eigenvalue weighted by Gasteiger charge is 2.10. The highest BCUT2D eigenvalue weighted by molar-refractivity contribution is 5.82. The van der Waals surface area contributed by atoms with E-state index in [2.05, 4.69) is 34.5 Å². The van der Waals surface area contributed by atoms with Crippen LogP contribution in [0.2, 0.25) is 0 Å². The van der Waals surface area contributed by atoms with E-state index in [4.69, 9.17) is 15.5 Å². The second kappa shape index (κ2) is 9.08. The first kappa shape index (κ1) is 18.8. The molecule has 0 saturated heterocycles. The quantitative estimate of drug-likeness (QED) is 0.604. The summed E-state index contributed by atoms with van der Waals surface area (Å²) in [5, 5.41) is 4.48. The number of aromatic nitrogens is 4. The van der Waals surface area contributed by atoms with E-state index >= 15 is 0 Å². The molecule has 0 atom stereocenters. The van der Waals surface area contributed by atoms with E-state index in [1.807, 2.05) is 23.1 Å². The van der Waals surface area contributed by atoms with Crippen molar-refractivity contribution in [3.63, 3.8) is 0 Å². The Labute approximate surface area is 165 Å². The zero-order valence-electron chi connectivity index (χ0n) is 16.2. The van der Waals surface area contributed by atoms with Gasteiger partial charge in [0.1, 0.15) is 0 Å². The molecule has 0 amide bonds. The molecule has 1 aliphatic rings. The van der Waals surface area contributed by atoms with Crippen LogP contribution in [0.25, 0.3) is 27.9 Å². The van der Waals surface area contributed by atoms with Crippen molar-refractivity contribution in [3.8, 4) is 11.3 Å². The maximum absolute atomic E-state index is 5.54. The molecule has 1 aromatic carbocycles. The van der Waals surface area contributed by atoms with Crippen molar-refractivity contribution < 1.29 is 4.74 Å². The molecule has 1 aliphatic heterocycles. The van der Waals surface area contributed by atoms with Gasteiger partial charge in [-0.05, 0) is 49.1 Å². The fraction of sp³-hybridized carbons (Fsp3) is 0.409. The van der Waals surface area contributed by atoms with Crippen molar-refractivity contribution >= 4 is 16.6 Å². The van der Waals surface area contributed by atoms with Gasteiger partial charge in [0.15, 0.2) is 0 Å². The Morgan fingerprint density at radius 1 is 1.04 bits per heavy atom. The number of nitrogens with two attached hydrogens (primary N) is 1. The number of aryl methyl sites for hydroxylation is 1. The summed E-state index contributed by atoms with van der Waals surface area (Å²) in [4.78, 5) is 9.44. The summed E-state index contributed by atoms with van der Waals surface area (Å²) in [5.74, 6) is 0. The molecule has 0 saturated carbocycles. The minimum atomic E-state index is 0.685. The maximum atomic E-state index is 5.54. The van der Waals surface area contributed by atoms with E-state index in [0.717, 1.165) is 61.2 Å². The third-order valence-corrected chi connectivity index (χ3v) is 5.15. The normalized spacial score (nSPS) is 14.4. The van der Waals surface area contributed by atoms with Gasteiger partial charge in [-0.25, -0.2) is 4.98 Å². The number of fused-ring (bicyclic) bond motifs is 1. The van der Waals surface area contributed by atoms with E-state index in [9.17, 15) is 0 Å². The number of nitrogens with zero attached hydrogens (tertiary/aromatic N) is 4. The van der Waals surface area contributed by atoms with E-state index < -0.39 is 0 Å². The molecule has 28 heavy (non-hydrogen) atoms. The van der Waals surface area contributed by atoms with Gasteiger partial charge in [-0.15, -0.1) is 0 Å². The summed E-state index contributed by atoms with van der Waals surface area (Å²) >= 11 is 0. The van der Waals surface area contributed by atoms with Crippen LogP contribution in [0.3, 0.4) is 0 Å². The van der Waals surface area contributed by atoms with Crippen LogP contribution >= 0.6 is 0 Å². The van der Waals surface area contributed by atoms with Crippen molar-refractivity contribution in [1.82, 2.24) is 19.7 Å². The molecular formula is C22H27N5O. The van der Waals surface area contributed by atoms with Crippen molar-refractivity contribution in [2.45, 2.75) is 38.6 Å². The summed E-state index contributed by atoms with van der Waals surface area (Å²) in [6.45, 7) is 3.16. The molecule has 0 bridgehead atoms. The van der Waals surface area contributed by atoms with Gasteiger partial charge >= 0.3 is 0 Å². The number of hydrogen-bond acceptors (Lipinski definition) is 5. The SMILES string of the molecule is NCCCCCCn1cc(-c2cnc3ccc(C4=CCOCC4)cc3n2)cn1. The topological polar surface area (TPSA) is 78.9 Å². The molecular weight excluding hydrogens is 350 g/mol. The number of benzene rings is 1. The van der Waals surface area contributed by atoms with Gasteiger partial charge < -0.3 is 10.5 Å². The molecule has 0 radical (unpaired) electrons. The van der Waals surface area contributed by atoms with Gasteiger partial charge in [-0.3, -0.25) is 9.67 Å². The number of unbranched alkanes of at least 4 members (excludes halogenated alkanes) is 3. The molecule has 0 unspecified atom stereocenters. The van der Waals surface area contributed by atoms with Crippen LogP contribution in [0.5, 0.6) is 0 Å². The second-order valence-corrected chi connectivity index (χ2v) is 7.21. The summed E-state index contributed by atoms with van der Waals surface area (Å²) in [6, 6.07) is 6.30. The molecule has 146 valence electrons. The average Bonchev–Trinajstić information content (AvgIpc) is 3.22. The number of hydrogen-bond donors (Lipinski definition) is 1. The molecule has 6 nitrogen and oxygen atoms in total. The van der Waals surface area contributed by atoms with E-state index in [1.54, 1.807) is 0 Å². The van der Waals surface area contributed by atoms with Crippen LogP contribution in [0, 0.1) is 0 Å². The lowest BCUT2D eigenvalue weighted by Gasteiger charge is -2.14. The largest absolute Gasteiger partial charge is 0.377 e. The summed E-state index contributed by atoms with van der Waals surface area (Å²) in [7, 11) is 0. The first-order valence-electron chi connectivity index (χ1n) is 10.1. The maximum Gasteiger partial charge on any atom is 0.0924 e. The molecule has 0 aliphatic carbocycles. The van der Waals surface area contributed by atoms with Gasteiger partial charge in [0.05, 0.1) is 42.3 Å². The Bertz CT molecular complexity index is 962. The molecule has 2 aromatic heterocycles. The Hall–Kier alpha value is -2.57. The van der Waals surface area contributed by atoms with E-state index in [-0.39, 0.29) is 0 Å². The summed E-state index contributed by atoms with van der Waals surface area (Å²) in [6.07, 6.45) is 13.5. The Kier molecular flexibility index (Phi) is 6.09. The van der Waals surface area contributed by atoms with Crippen molar-refractivity contribution in [3.05, 3.63) is 48.4 Å². The second-order valence-electron chi connectivity index (χ2n) is 7.21. The van der Waals surface area contributed by atoms with Crippen LogP contribution in [0.4, 0.5) is 0 Å². The van der Waals surface area contributed by atoms with Crippen LogP contribution in [0.1, 0.15) is 37.7 Å². The number of rotatable bonds is 8. The average molecular weight is 377 g/mol. The smallest absolute Gasteiger partial charge is 0.0924 e. The Balaban J connectivity index is 1.50. The van der Waals surface area contributed by atoms with Crippen LogP contribution < -0.4 is 5.73 Å². The first-order chi connectivity index (χ1) is 13.8. The monoisotopic (exact) mass is 377 g/mol. The molecule has 6 heteroatoms. The van der Waals surface area contributed by atoms with Gasteiger partial charge in [-0.2, -0.15) is 5.10 Å². The summed E-state index contributed by atoms with van der Waals surface area (Å²) < 4.78 is 7.41. The predicted octanol–water partition coefficient (Wildman–Crippen LogP) is 3.82. The van der Waals surface area contributed by atoms with Crippen LogP contribution in [0.15, 0.2) is 42.9 Å². The highest BCUT2D eigenvalue weighted by Crippen LogP contribution is 2.25. The standard InChI is InChI=1S/C22H27N5O/c23-9-3-1-2-4-10-27-16-19(14-25-27)22-15-24-20-6-5-18(13-21(20)26-22)17-7-11-28-12-8-17/h5-7,13-16H,1-4,8-12,23H2. The van der Waals surface area contributed by atoms with Gasteiger partial charge in [0, 0.05) is 18.3 Å². The molecule has 3 heterocycles. The van der Waals surface area contributed by atoms with Crippen molar-refractivity contribution in [2.75, 3.05) is 19.8 Å². The first-order valence-corrected chi connectivity index (χ1v) is 10.1. The van der Waals surface area contributed by atoms with E-state index in [1.165, 1.54) is 24.0 Å². The summed E-state index contributed by atoms with van der Waals surface area (Å²) in [5.41, 5.74) is 11.8. The molecule has 2 N–H and O–H groups in total. The zero-order chi connectivity index (χ0) is 19.2. The third-order valence-electron chi connectivity index (χ3n) is 5.15. The molecule has 3 aromatic rings. The van der Waals surface area contributed by atoms with Crippen molar-refractivity contribution in [1.29, 1.82) is 0 Å². The fourth-order valence-electron chi connectivity index (χ4n) is 3.53. The highest BCUT2D eigenvalue weighted by atomic mass is 16.5. The fourth-order valence-corrected chi connectivity index (χ4v) is 3.53.